The van der Waals surface area contributed by atoms with Crippen molar-refractivity contribution in [1.82, 2.24) is 9.97 Å². The van der Waals surface area contributed by atoms with Crippen molar-refractivity contribution in [3.8, 4) is 0 Å². The molecule has 0 aliphatic carbocycles. The fourth-order valence-electron chi connectivity index (χ4n) is 7.23. The maximum absolute atomic E-state index is 3.75. The van der Waals surface area contributed by atoms with E-state index in [0.29, 0.717) is 0 Å². The molecule has 0 saturated heterocycles. The molecule has 194 valence electrons. The summed E-state index contributed by atoms with van der Waals surface area (Å²) in [5, 5.41) is 10.5. The molecule has 2 aromatic heterocycles. The summed E-state index contributed by atoms with van der Waals surface area (Å²) in [7, 11) is 0. The summed E-state index contributed by atoms with van der Waals surface area (Å²) >= 11 is 0. The Hall–Kier alpha value is -4.56. The van der Waals surface area contributed by atoms with Crippen molar-refractivity contribution in [1.29, 1.82) is 0 Å². The molecule has 40 heavy (non-hydrogen) atoms. The van der Waals surface area contributed by atoms with Gasteiger partial charge in [0.2, 0.25) is 0 Å². The van der Waals surface area contributed by atoms with E-state index < -0.39 is 0 Å². The van der Waals surface area contributed by atoms with Gasteiger partial charge in [-0.1, -0.05) is 112 Å². The molecule has 0 amide bonds. The third-order valence-corrected chi connectivity index (χ3v) is 9.26. The molecule has 2 N–H and O–H groups in total. The van der Waals surface area contributed by atoms with Crippen molar-refractivity contribution >= 4 is 65.2 Å². The zero-order valence-electron chi connectivity index (χ0n) is 23.0. The summed E-state index contributed by atoms with van der Waals surface area (Å²) in [6.07, 6.45) is 3.41. The van der Waals surface area contributed by atoms with Crippen LogP contribution in [0.2, 0.25) is 0 Å². The van der Waals surface area contributed by atoms with E-state index in [9.17, 15) is 0 Å². The molecule has 2 nitrogen and oxygen atoms in total. The molecule has 6 aromatic carbocycles. The fourth-order valence-corrected chi connectivity index (χ4v) is 7.23. The van der Waals surface area contributed by atoms with E-state index >= 15 is 0 Å². The standard InChI is InChI=1S/C38H32N2/c1-3-4-21-38(2,32-22-30-26-15-9-11-19-34(26)39-36(30)28-17-7-5-13-24(28)32)33-23-31-27-16-10-12-20-35(27)40-37(31)29-18-8-6-14-25(29)33/h5-20,22-23,39-40H,3-4,21H2,1-2H3. The lowest BCUT2D eigenvalue weighted by molar-refractivity contribution is 0.501. The lowest BCUT2D eigenvalue weighted by Gasteiger charge is -2.34. The van der Waals surface area contributed by atoms with Crippen molar-refractivity contribution in [3.05, 3.63) is 120 Å². The first-order valence-electron chi connectivity index (χ1n) is 14.5. The van der Waals surface area contributed by atoms with Gasteiger partial charge in [-0.25, -0.2) is 0 Å². The topological polar surface area (TPSA) is 31.6 Å². The Morgan fingerprint density at radius 2 is 0.900 bits per heavy atom. The highest BCUT2D eigenvalue weighted by Gasteiger charge is 2.33. The molecule has 0 saturated carbocycles. The molecule has 0 unspecified atom stereocenters. The minimum atomic E-state index is -0.186. The van der Waals surface area contributed by atoms with Crippen LogP contribution in [-0.2, 0) is 5.41 Å². The molecular weight excluding hydrogens is 484 g/mol. The highest BCUT2D eigenvalue weighted by atomic mass is 14.7. The van der Waals surface area contributed by atoms with Gasteiger partial charge in [0, 0.05) is 48.8 Å². The van der Waals surface area contributed by atoms with Crippen LogP contribution in [0.5, 0.6) is 0 Å². The van der Waals surface area contributed by atoms with E-state index in [-0.39, 0.29) is 5.41 Å². The quantitative estimate of drug-likeness (QED) is 0.228. The third-order valence-electron chi connectivity index (χ3n) is 9.26. The zero-order valence-corrected chi connectivity index (χ0v) is 23.0. The molecule has 8 aromatic rings. The number of hydrogen-bond acceptors (Lipinski definition) is 0. The number of aromatic nitrogens is 2. The number of hydrogen-bond donors (Lipinski definition) is 2. The van der Waals surface area contributed by atoms with E-state index in [4.69, 9.17) is 0 Å². The minimum Gasteiger partial charge on any atom is -0.354 e. The van der Waals surface area contributed by atoms with Crippen LogP contribution in [0.15, 0.2) is 109 Å². The average Bonchev–Trinajstić information content (AvgIpc) is 3.58. The van der Waals surface area contributed by atoms with Gasteiger partial charge >= 0.3 is 0 Å². The van der Waals surface area contributed by atoms with Gasteiger partial charge in [-0.05, 0) is 52.6 Å². The van der Waals surface area contributed by atoms with E-state index in [1.54, 1.807) is 0 Å². The Morgan fingerprint density at radius 1 is 0.500 bits per heavy atom. The summed E-state index contributed by atoms with van der Waals surface area (Å²) in [6.45, 7) is 4.80. The highest BCUT2D eigenvalue weighted by Crippen LogP contribution is 2.47. The summed E-state index contributed by atoms with van der Waals surface area (Å²) in [6, 6.07) is 40.4. The predicted molar refractivity (Wildman–Crippen MR) is 173 cm³/mol. The number of benzene rings is 6. The normalized spacial score (nSPS) is 12.6. The molecule has 0 fully saturated rings. The van der Waals surface area contributed by atoms with Crippen LogP contribution in [0.25, 0.3) is 65.2 Å². The molecule has 0 atom stereocenters. The van der Waals surface area contributed by atoms with Gasteiger partial charge in [-0.15, -0.1) is 0 Å². The number of fused-ring (bicyclic) bond motifs is 10. The van der Waals surface area contributed by atoms with Crippen LogP contribution in [0.1, 0.15) is 44.2 Å². The summed E-state index contributed by atoms with van der Waals surface area (Å²) < 4.78 is 0. The van der Waals surface area contributed by atoms with Crippen LogP contribution in [-0.4, -0.2) is 9.97 Å². The van der Waals surface area contributed by atoms with E-state index in [2.05, 4.69) is 133 Å². The Bertz CT molecular complexity index is 2070. The molecule has 8 rings (SSSR count). The maximum Gasteiger partial charge on any atom is 0.0544 e. The Balaban J connectivity index is 1.53. The average molecular weight is 517 g/mol. The van der Waals surface area contributed by atoms with Gasteiger partial charge in [0.25, 0.3) is 0 Å². The number of rotatable bonds is 5. The maximum atomic E-state index is 3.75. The Morgan fingerprint density at radius 3 is 1.35 bits per heavy atom. The number of para-hydroxylation sites is 2. The fraction of sp³-hybridized carbons (Fsp3) is 0.158. The lowest BCUT2D eigenvalue weighted by atomic mass is 9.69. The van der Waals surface area contributed by atoms with Crippen LogP contribution in [0, 0.1) is 0 Å². The third kappa shape index (κ3) is 3.23. The lowest BCUT2D eigenvalue weighted by Crippen LogP contribution is -2.24. The monoisotopic (exact) mass is 516 g/mol. The van der Waals surface area contributed by atoms with E-state index in [1.807, 2.05) is 0 Å². The molecule has 0 spiro atoms. The Labute approximate surface area is 233 Å². The van der Waals surface area contributed by atoms with Crippen molar-refractivity contribution in [2.45, 2.75) is 38.5 Å². The second-order valence-corrected chi connectivity index (χ2v) is 11.6. The predicted octanol–water partition coefficient (Wildman–Crippen LogP) is 10.8. The van der Waals surface area contributed by atoms with Gasteiger partial charge < -0.3 is 9.97 Å². The Kier molecular flexibility index (Phi) is 5.09. The molecule has 2 heteroatoms. The number of unbranched alkanes of at least 4 members (excludes halogenated alkanes) is 1. The molecule has 0 radical (unpaired) electrons. The van der Waals surface area contributed by atoms with E-state index in [0.717, 1.165) is 19.3 Å². The SMILES string of the molecule is CCCCC(C)(c1cc2c3ccccc3[nH]c2c2ccccc12)c1cc2c3ccccc3[nH]c2c2ccccc12. The molecule has 2 heterocycles. The van der Waals surface area contributed by atoms with Gasteiger partial charge in [0.05, 0.1) is 11.0 Å². The van der Waals surface area contributed by atoms with E-state index in [1.165, 1.54) is 76.3 Å². The summed E-state index contributed by atoms with van der Waals surface area (Å²) in [5.74, 6) is 0. The molecule has 0 aliphatic rings. The first-order valence-corrected chi connectivity index (χ1v) is 14.5. The van der Waals surface area contributed by atoms with Crippen molar-refractivity contribution < 1.29 is 0 Å². The first kappa shape index (κ1) is 23.3. The van der Waals surface area contributed by atoms with Crippen molar-refractivity contribution in [3.63, 3.8) is 0 Å². The second-order valence-electron chi connectivity index (χ2n) is 11.6. The minimum absolute atomic E-state index is 0.186. The first-order chi connectivity index (χ1) is 19.7. The molecule has 0 aliphatic heterocycles. The van der Waals surface area contributed by atoms with Crippen LogP contribution in [0.3, 0.4) is 0 Å². The van der Waals surface area contributed by atoms with Crippen LogP contribution < -0.4 is 0 Å². The summed E-state index contributed by atoms with van der Waals surface area (Å²) in [5.41, 5.74) is 7.50. The van der Waals surface area contributed by atoms with Crippen molar-refractivity contribution in [2.75, 3.05) is 0 Å². The second kappa shape index (κ2) is 8.72. The highest BCUT2D eigenvalue weighted by molar-refractivity contribution is 6.20. The zero-order chi connectivity index (χ0) is 26.8. The molecule has 0 bridgehead atoms. The largest absolute Gasteiger partial charge is 0.354 e. The van der Waals surface area contributed by atoms with Gasteiger partial charge in [0.15, 0.2) is 0 Å². The smallest absolute Gasteiger partial charge is 0.0544 e. The van der Waals surface area contributed by atoms with Crippen molar-refractivity contribution in [2.24, 2.45) is 0 Å². The van der Waals surface area contributed by atoms with Gasteiger partial charge in [0.1, 0.15) is 0 Å². The number of aromatic amines is 2. The van der Waals surface area contributed by atoms with Gasteiger partial charge in [-0.2, -0.15) is 0 Å². The van der Waals surface area contributed by atoms with Gasteiger partial charge in [-0.3, -0.25) is 0 Å². The molecular formula is C38H32N2. The summed E-state index contributed by atoms with van der Waals surface area (Å²) in [4.78, 5) is 7.50. The number of H-pyrrole nitrogens is 2. The van der Waals surface area contributed by atoms with Crippen LogP contribution >= 0.6 is 0 Å². The number of nitrogens with one attached hydrogen (secondary N) is 2. The van der Waals surface area contributed by atoms with Crippen LogP contribution in [0.4, 0.5) is 0 Å².